The second-order valence-corrected chi connectivity index (χ2v) is 7.85. The summed E-state index contributed by atoms with van der Waals surface area (Å²) in [6.45, 7) is -0.0533. The fourth-order valence-corrected chi connectivity index (χ4v) is 4.03. The van der Waals surface area contributed by atoms with Crippen molar-refractivity contribution in [3.63, 3.8) is 0 Å². The van der Waals surface area contributed by atoms with Crippen molar-refractivity contribution in [2.45, 2.75) is 24.9 Å². The SMILES string of the molecule is O=C(O)CC(NC(=O)OCC1c2ccccc2-c2ccccc21)C(=O)NCc1cncc(F)c1. The summed E-state index contributed by atoms with van der Waals surface area (Å²) in [7, 11) is 0. The van der Waals surface area contributed by atoms with Crippen LogP contribution in [-0.4, -0.2) is 40.7 Å². The zero-order valence-corrected chi connectivity index (χ0v) is 18.0. The van der Waals surface area contributed by atoms with Gasteiger partial charge < -0.3 is 20.5 Å². The second-order valence-electron chi connectivity index (χ2n) is 7.85. The number of aliphatic carboxylic acids is 1. The van der Waals surface area contributed by atoms with Crippen LogP contribution in [0.3, 0.4) is 0 Å². The van der Waals surface area contributed by atoms with E-state index in [1.54, 1.807) is 0 Å². The summed E-state index contributed by atoms with van der Waals surface area (Å²) in [4.78, 5) is 39.9. The van der Waals surface area contributed by atoms with E-state index >= 15 is 0 Å². The molecule has 2 aromatic carbocycles. The van der Waals surface area contributed by atoms with Crippen LogP contribution < -0.4 is 10.6 Å². The highest BCUT2D eigenvalue weighted by Crippen LogP contribution is 2.44. The third kappa shape index (κ3) is 5.20. The van der Waals surface area contributed by atoms with Gasteiger partial charge in [0.1, 0.15) is 18.5 Å². The van der Waals surface area contributed by atoms with Gasteiger partial charge in [0.25, 0.3) is 0 Å². The molecule has 1 aliphatic carbocycles. The molecule has 0 radical (unpaired) electrons. The Balaban J connectivity index is 1.38. The Morgan fingerprint density at radius 2 is 1.68 bits per heavy atom. The van der Waals surface area contributed by atoms with Crippen molar-refractivity contribution in [1.29, 1.82) is 0 Å². The first-order chi connectivity index (χ1) is 16.4. The number of hydrogen-bond acceptors (Lipinski definition) is 5. The lowest BCUT2D eigenvalue weighted by molar-refractivity contribution is -0.139. The number of pyridine rings is 1. The molecule has 0 saturated carbocycles. The maximum atomic E-state index is 13.3. The molecule has 0 saturated heterocycles. The van der Waals surface area contributed by atoms with E-state index in [2.05, 4.69) is 15.6 Å². The highest BCUT2D eigenvalue weighted by atomic mass is 19.1. The van der Waals surface area contributed by atoms with Crippen LogP contribution in [0.2, 0.25) is 0 Å². The van der Waals surface area contributed by atoms with Crippen LogP contribution in [0.5, 0.6) is 0 Å². The molecule has 9 heteroatoms. The predicted octanol–water partition coefficient (Wildman–Crippen LogP) is 3.22. The largest absolute Gasteiger partial charge is 0.481 e. The van der Waals surface area contributed by atoms with Crippen molar-refractivity contribution < 1.29 is 28.6 Å². The number of alkyl carbamates (subject to hydrolysis) is 1. The topological polar surface area (TPSA) is 118 Å². The molecule has 174 valence electrons. The highest BCUT2D eigenvalue weighted by Gasteiger charge is 2.30. The first-order valence-electron chi connectivity index (χ1n) is 10.6. The number of carbonyl (C=O) groups is 3. The molecule has 3 aromatic rings. The number of halogens is 1. The summed E-state index contributed by atoms with van der Waals surface area (Å²) >= 11 is 0. The molecule has 1 aromatic heterocycles. The summed E-state index contributed by atoms with van der Waals surface area (Å²) in [5.74, 6) is -2.75. The molecule has 0 fully saturated rings. The summed E-state index contributed by atoms with van der Waals surface area (Å²) in [6, 6.07) is 15.5. The van der Waals surface area contributed by atoms with Gasteiger partial charge in [-0.05, 0) is 33.9 Å². The Morgan fingerprint density at radius 1 is 1.03 bits per heavy atom. The van der Waals surface area contributed by atoms with Crippen molar-refractivity contribution in [1.82, 2.24) is 15.6 Å². The average molecular weight is 463 g/mol. The van der Waals surface area contributed by atoms with Crippen LogP contribution in [0.15, 0.2) is 67.0 Å². The molecule has 4 rings (SSSR count). The average Bonchev–Trinajstić information content (AvgIpc) is 3.14. The number of nitrogens with one attached hydrogen (secondary N) is 2. The van der Waals surface area contributed by atoms with E-state index in [1.165, 1.54) is 12.3 Å². The van der Waals surface area contributed by atoms with Gasteiger partial charge in [0.15, 0.2) is 0 Å². The number of aromatic nitrogens is 1. The first kappa shape index (κ1) is 22.9. The normalized spacial score (nSPS) is 12.9. The Bertz CT molecular complexity index is 1190. The summed E-state index contributed by atoms with van der Waals surface area (Å²) in [5, 5.41) is 14.0. The molecule has 2 amide bonds. The number of carbonyl (C=O) groups excluding carboxylic acids is 2. The van der Waals surface area contributed by atoms with Crippen molar-refractivity contribution in [2.75, 3.05) is 6.61 Å². The lowest BCUT2D eigenvalue weighted by Crippen LogP contribution is -2.48. The van der Waals surface area contributed by atoms with Crippen LogP contribution in [-0.2, 0) is 20.9 Å². The number of rotatable bonds is 8. The van der Waals surface area contributed by atoms with Crippen molar-refractivity contribution in [2.24, 2.45) is 0 Å². The maximum absolute atomic E-state index is 13.3. The third-order valence-electron chi connectivity index (χ3n) is 5.56. The van der Waals surface area contributed by atoms with Gasteiger partial charge in [-0.25, -0.2) is 9.18 Å². The number of carboxylic acid groups (broad SMARTS) is 1. The number of ether oxygens (including phenoxy) is 1. The lowest BCUT2D eigenvalue weighted by atomic mass is 9.98. The molecule has 1 unspecified atom stereocenters. The van der Waals surface area contributed by atoms with E-state index in [-0.39, 0.29) is 19.1 Å². The summed E-state index contributed by atoms with van der Waals surface area (Å²) in [5.41, 5.74) is 4.59. The molecule has 1 atom stereocenters. The van der Waals surface area contributed by atoms with Crippen LogP contribution in [0.1, 0.15) is 29.0 Å². The molecular formula is C25H22FN3O5. The summed E-state index contributed by atoms with van der Waals surface area (Å²) < 4.78 is 18.7. The minimum atomic E-state index is -1.37. The molecule has 1 aliphatic rings. The van der Waals surface area contributed by atoms with E-state index in [9.17, 15) is 18.8 Å². The molecule has 0 spiro atoms. The highest BCUT2D eigenvalue weighted by molar-refractivity contribution is 5.89. The summed E-state index contributed by atoms with van der Waals surface area (Å²) in [6.07, 6.45) is 0.846. The van der Waals surface area contributed by atoms with Gasteiger partial charge in [-0.15, -0.1) is 0 Å². The predicted molar refractivity (Wildman–Crippen MR) is 120 cm³/mol. The van der Waals surface area contributed by atoms with E-state index in [4.69, 9.17) is 9.84 Å². The smallest absolute Gasteiger partial charge is 0.407 e. The van der Waals surface area contributed by atoms with Gasteiger partial charge in [0.05, 0.1) is 12.6 Å². The second kappa shape index (κ2) is 10.1. The zero-order valence-electron chi connectivity index (χ0n) is 18.0. The zero-order chi connectivity index (χ0) is 24.1. The van der Waals surface area contributed by atoms with Crippen LogP contribution in [0, 0.1) is 5.82 Å². The molecule has 3 N–H and O–H groups in total. The molecule has 0 aliphatic heterocycles. The van der Waals surface area contributed by atoms with Crippen LogP contribution in [0.4, 0.5) is 9.18 Å². The molecular weight excluding hydrogens is 441 g/mol. The van der Waals surface area contributed by atoms with E-state index < -0.39 is 36.2 Å². The monoisotopic (exact) mass is 463 g/mol. The Labute approximate surface area is 194 Å². The van der Waals surface area contributed by atoms with Gasteiger partial charge >= 0.3 is 12.1 Å². The standard InChI is InChI=1S/C25H22FN3O5/c26-16-9-15(11-27-13-16)12-28-24(32)22(10-23(30)31)29-25(33)34-14-21-19-7-3-1-5-17(19)18-6-2-4-8-20(18)21/h1-9,11,13,21-22H,10,12,14H2,(H,28,32)(H,29,33)(H,30,31). The van der Waals surface area contributed by atoms with Gasteiger partial charge in [-0.3, -0.25) is 14.6 Å². The fourth-order valence-electron chi connectivity index (χ4n) is 4.03. The van der Waals surface area contributed by atoms with Gasteiger partial charge in [0.2, 0.25) is 5.91 Å². The molecule has 0 bridgehead atoms. The third-order valence-corrected chi connectivity index (χ3v) is 5.56. The first-order valence-corrected chi connectivity index (χ1v) is 10.6. The van der Waals surface area contributed by atoms with Crippen LogP contribution in [0.25, 0.3) is 11.1 Å². The Morgan fingerprint density at radius 3 is 2.29 bits per heavy atom. The minimum Gasteiger partial charge on any atom is -0.481 e. The number of benzene rings is 2. The van der Waals surface area contributed by atoms with Gasteiger partial charge in [0, 0.05) is 18.7 Å². The van der Waals surface area contributed by atoms with Crippen LogP contribution >= 0.6 is 0 Å². The maximum Gasteiger partial charge on any atom is 0.407 e. The number of nitrogens with zero attached hydrogens (tertiary/aromatic N) is 1. The van der Waals surface area contributed by atoms with Crippen molar-refractivity contribution in [3.8, 4) is 11.1 Å². The number of hydrogen-bond donors (Lipinski definition) is 3. The van der Waals surface area contributed by atoms with Crippen molar-refractivity contribution in [3.05, 3.63) is 89.5 Å². The van der Waals surface area contributed by atoms with E-state index in [0.717, 1.165) is 28.5 Å². The lowest BCUT2D eigenvalue weighted by Gasteiger charge is -2.18. The number of carboxylic acids is 1. The van der Waals surface area contributed by atoms with Gasteiger partial charge in [-0.1, -0.05) is 48.5 Å². The fraction of sp³-hybridized carbons (Fsp3) is 0.200. The number of fused-ring (bicyclic) bond motifs is 3. The molecule has 1 heterocycles. The Kier molecular flexibility index (Phi) is 6.82. The van der Waals surface area contributed by atoms with E-state index in [0.29, 0.717) is 5.56 Å². The van der Waals surface area contributed by atoms with E-state index in [1.807, 2.05) is 48.5 Å². The van der Waals surface area contributed by atoms with Gasteiger partial charge in [-0.2, -0.15) is 0 Å². The Hall–Kier alpha value is -4.27. The molecule has 34 heavy (non-hydrogen) atoms. The quantitative estimate of drug-likeness (QED) is 0.472. The van der Waals surface area contributed by atoms with Crippen molar-refractivity contribution >= 4 is 18.0 Å². The minimum absolute atomic E-state index is 0.0240. The molecule has 8 nitrogen and oxygen atoms in total. The number of amides is 2.